The van der Waals surface area contributed by atoms with Crippen LogP contribution in [0.1, 0.15) is 6.42 Å². The second kappa shape index (κ2) is 7.46. The summed E-state index contributed by atoms with van der Waals surface area (Å²) in [7, 11) is -3.69. The largest absolute Gasteiger partial charge is 0.324 e. The van der Waals surface area contributed by atoms with Crippen molar-refractivity contribution in [1.29, 1.82) is 0 Å². The van der Waals surface area contributed by atoms with Gasteiger partial charge in [-0.15, -0.1) is 11.8 Å². The Morgan fingerprint density at radius 1 is 1.23 bits per heavy atom. The Labute approximate surface area is 154 Å². The summed E-state index contributed by atoms with van der Waals surface area (Å²) >= 11 is 1.26. The zero-order chi connectivity index (χ0) is 18.7. The van der Waals surface area contributed by atoms with E-state index in [1.807, 2.05) is 0 Å². The molecule has 0 radical (unpaired) electrons. The van der Waals surface area contributed by atoms with Gasteiger partial charge < -0.3 is 10.6 Å². The highest BCUT2D eigenvalue weighted by Gasteiger charge is 2.21. The molecule has 0 spiro atoms. The zero-order valence-electron chi connectivity index (χ0n) is 13.5. The minimum atomic E-state index is -3.69. The molecule has 2 aromatic rings. The number of halogens is 1. The van der Waals surface area contributed by atoms with E-state index in [0.29, 0.717) is 10.6 Å². The Morgan fingerprint density at radius 3 is 2.77 bits per heavy atom. The summed E-state index contributed by atoms with van der Waals surface area (Å²) in [6.45, 7) is 0. The number of rotatable bonds is 5. The van der Waals surface area contributed by atoms with Gasteiger partial charge in [0.25, 0.3) is 0 Å². The lowest BCUT2D eigenvalue weighted by Crippen LogP contribution is -2.20. The van der Waals surface area contributed by atoms with Gasteiger partial charge in [0, 0.05) is 11.3 Å². The van der Waals surface area contributed by atoms with Crippen molar-refractivity contribution in [2.45, 2.75) is 16.2 Å². The summed E-state index contributed by atoms with van der Waals surface area (Å²) < 4.78 is 38.4. The maximum Gasteiger partial charge on any atom is 0.234 e. The molecule has 1 aliphatic heterocycles. The highest BCUT2D eigenvalue weighted by molar-refractivity contribution is 8.00. The second-order valence-electron chi connectivity index (χ2n) is 5.59. The van der Waals surface area contributed by atoms with E-state index >= 15 is 0 Å². The van der Waals surface area contributed by atoms with Gasteiger partial charge in [-0.1, -0.05) is 12.1 Å². The first-order chi connectivity index (χ1) is 12.3. The minimum absolute atomic E-state index is 0.0100. The van der Waals surface area contributed by atoms with Crippen LogP contribution < -0.4 is 10.6 Å². The third kappa shape index (κ3) is 4.23. The highest BCUT2D eigenvalue weighted by Crippen LogP contribution is 2.33. The van der Waals surface area contributed by atoms with Crippen LogP contribution in [-0.2, 0) is 19.4 Å². The van der Waals surface area contributed by atoms with Crippen LogP contribution in [0.2, 0.25) is 0 Å². The van der Waals surface area contributed by atoms with Gasteiger partial charge in [0.15, 0.2) is 9.84 Å². The number of sulfone groups is 1. The molecule has 136 valence electrons. The molecule has 0 aromatic heterocycles. The lowest BCUT2D eigenvalue weighted by atomic mass is 10.3. The number of hydrogen-bond acceptors (Lipinski definition) is 5. The number of anilines is 2. The van der Waals surface area contributed by atoms with Crippen molar-refractivity contribution in [3.63, 3.8) is 0 Å². The standard InChI is InChI=1S/C17H15FN2O4S2/c18-12-3-1-2-4-13(12)19-16(21)7-8-26(23,24)11-5-6-14-15(9-11)25-10-17(22)20-14/h1-6,9H,7-8,10H2,(H,19,21)(H,20,22). The minimum Gasteiger partial charge on any atom is -0.324 e. The summed E-state index contributed by atoms with van der Waals surface area (Å²) in [6, 6.07) is 10.1. The average Bonchev–Trinajstić information content (AvgIpc) is 2.61. The number of carbonyl (C=O) groups is 2. The first-order valence-electron chi connectivity index (χ1n) is 7.69. The summed E-state index contributed by atoms with van der Waals surface area (Å²) in [5, 5.41) is 5.03. The zero-order valence-corrected chi connectivity index (χ0v) is 15.1. The van der Waals surface area contributed by atoms with Gasteiger partial charge in [-0.25, -0.2) is 12.8 Å². The summed E-state index contributed by atoms with van der Waals surface area (Å²) in [6.07, 6.45) is -0.294. The van der Waals surface area contributed by atoms with Crippen molar-refractivity contribution >= 4 is 44.8 Å². The SMILES string of the molecule is O=C(CCS(=O)(=O)c1ccc2c(c1)SCC(=O)N2)Nc1ccccc1F. The van der Waals surface area contributed by atoms with E-state index in [1.54, 1.807) is 6.07 Å². The van der Waals surface area contributed by atoms with Crippen LogP contribution in [0.5, 0.6) is 0 Å². The molecule has 2 amide bonds. The van der Waals surface area contributed by atoms with Gasteiger partial charge in [-0.05, 0) is 30.3 Å². The molecule has 0 aliphatic carbocycles. The molecule has 0 fully saturated rings. The number of carbonyl (C=O) groups excluding carboxylic acids is 2. The molecular formula is C17H15FN2O4S2. The van der Waals surface area contributed by atoms with E-state index in [9.17, 15) is 22.4 Å². The number of para-hydroxylation sites is 1. The van der Waals surface area contributed by atoms with Gasteiger partial charge in [0.05, 0.1) is 27.8 Å². The Bertz CT molecular complexity index is 976. The van der Waals surface area contributed by atoms with Gasteiger partial charge in [-0.3, -0.25) is 9.59 Å². The topological polar surface area (TPSA) is 92.3 Å². The van der Waals surface area contributed by atoms with Crippen LogP contribution in [0, 0.1) is 5.82 Å². The Hall–Kier alpha value is -2.39. The molecule has 0 bridgehead atoms. The molecule has 0 saturated heterocycles. The Balaban J connectivity index is 1.66. The van der Waals surface area contributed by atoms with E-state index in [-0.39, 0.29) is 28.7 Å². The third-order valence-electron chi connectivity index (χ3n) is 3.69. The van der Waals surface area contributed by atoms with E-state index in [1.165, 1.54) is 48.2 Å². The van der Waals surface area contributed by atoms with Gasteiger partial charge >= 0.3 is 0 Å². The van der Waals surface area contributed by atoms with Crippen LogP contribution >= 0.6 is 11.8 Å². The molecule has 3 rings (SSSR count). The number of nitrogens with one attached hydrogen (secondary N) is 2. The molecule has 1 aliphatic rings. The number of hydrogen-bond donors (Lipinski definition) is 2. The first kappa shape index (κ1) is 18.4. The monoisotopic (exact) mass is 394 g/mol. The fourth-order valence-electron chi connectivity index (χ4n) is 2.37. The van der Waals surface area contributed by atoms with Crippen molar-refractivity contribution < 1.29 is 22.4 Å². The van der Waals surface area contributed by atoms with E-state index < -0.39 is 27.3 Å². The maximum absolute atomic E-state index is 13.5. The normalized spacial score (nSPS) is 13.7. The molecule has 6 nitrogen and oxygen atoms in total. The second-order valence-corrected chi connectivity index (χ2v) is 8.72. The third-order valence-corrected chi connectivity index (χ3v) is 6.46. The van der Waals surface area contributed by atoms with Crippen LogP contribution in [0.4, 0.5) is 15.8 Å². The van der Waals surface area contributed by atoms with E-state index in [0.717, 1.165) is 0 Å². The maximum atomic E-state index is 13.5. The van der Waals surface area contributed by atoms with Crippen LogP contribution in [0.15, 0.2) is 52.3 Å². The number of thioether (sulfide) groups is 1. The van der Waals surface area contributed by atoms with Crippen molar-refractivity contribution in [1.82, 2.24) is 0 Å². The number of amides is 2. The summed E-state index contributed by atoms with van der Waals surface area (Å²) in [5.41, 5.74) is 0.582. The molecule has 9 heteroatoms. The van der Waals surface area contributed by atoms with Gasteiger partial charge in [0.2, 0.25) is 11.8 Å². The quantitative estimate of drug-likeness (QED) is 0.813. The number of fused-ring (bicyclic) bond motifs is 1. The lowest BCUT2D eigenvalue weighted by molar-refractivity contribution is -0.116. The number of benzene rings is 2. The van der Waals surface area contributed by atoms with Crippen LogP contribution in [0.3, 0.4) is 0 Å². The summed E-state index contributed by atoms with van der Waals surface area (Å²) in [4.78, 5) is 24.0. The molecule has 2 N–H and O–H groups in total. The van der Waals surface area contributed by atoms with Crippen LogP contribution in [-0.4, -0.2) is 31.7 Å². The Kier molecular flexibility index (Phi) is 5.28. The van der Waals surface area contributed by atoms with Crippen LogP contribution in [0.25, 0.3) is 0 Å². The first-order valence-corrected chi connectivity index (χ1v) is 10.3. The molecule has 2 aromatic carbocycles. The predicted octanol–water partition coefficient (Wildman–Crippen LogP) is 2.67. The fraction of sp³-hybridized carbons (Fsp3) is 0.176. The molecule has 1 heterocycles. The molecule has 0 atom stereocenters. The molecule has 26 heavy (non-hydrogen) atoms. The molecule has 0 saturated carbocycles. The van der Waals surface area contributed by atoms with Crippen molar-refractivity contribution in [3.8, 4) is 0 Å². The van der Waals surface area contributed by atoms with Gasteiger partial charge in [0.1, 0.15) is 5.82 Å². The highest BCUT2D eigenvalue weighted by atomic mass is 32.2. The van der Waals surface area contributed by atoms with Gasteiger partial charge in [-0.2, -0.15) is 0 Å². The Morgan fingerprint density at radius 2 is 2.00 bits per heavy atom. The predicted molar refractivity (Wildman–Crippen MR) is 97.5 cm³/mol. The van der Waals surface area contributed by atoms with Crippen molar-refractivity contribution in [2.75, 3.05) is 22.1 Å². The molecular weight excluding hydrogens is 379 g/mol. The van der Waals surface area contributed by atoms with Crippen molar-refractivity contribution in [2.24, 2.45) is 0 Å². The summed E-state index contributed by atoms with van der Waals surface area (Å²) in [5.74, 6) is -1.48. The lowest BCUT2D eigenvalue weighted by Gasteiger charge is -2.17. The van der Waals surface area contributed by atoms with E-state index in [4.69, 9.17) is 0 Å². The average molecular weight is 394 g/mol. The van der Waals surface area contributed by atoms with E-state index in [2.05, 4.69) is 10.6 Å². The van der Waals surface area contributed by atoms with Crippen molar-refractivity contribution in [3.05, 3.63) is 48.3 Å². The fourth-order valence-corrected chi connectivity index (χ4v) is 4.55. The smallest absolute Gasteiger partial charge is 0.234 e. The molecule has 0 unspecified atom stereocenters.